The van der Waals surface area contributed by atoms with E-state index in [1.165, 1.54) is 0 Å². The number of nitrogens with one attached hydrogen (secondary N) is 1. The average molecular weight is 267 g/mol. The Balaban J connectivity index is 2.03. The molecule has 108 valence electrons. The van der Waals surface area contributed by atoms with Crippen molar-refractivity contribution < 1.29 is 9.59 Å². The Bertz CT molecular complexity index is 375. The minimum absolute atomic E-state index is 0.105. The van der Waals surface area contributed by atoms with Gasteiger partial charge in [0.25, 0.3) is 0 Å². The standard InChI is InChI=1S/C14H25N3O2/c1-10-8-15-5-6-16(10)13(19)11-7-12(18)17(9-11)14(2,3)4/h10-11,15H,5-9H2,1-4H3/t10-,11?/m0/s1. The molecule has 0 spiro atoms. The van der Waals surface area contributed by atoms with E-state index in [-0.39, 0.29) is 29.3 Å². The van der Waals surface area contributed by atoms with Crippen LogP contribution >= 0.6 is 0 Å². The van der Waals surface area contributed by atoms with Crippen LogP contribution in [-0.2, 0) is 9.59 Å². The lowest BCUT2D eigenvalue weighted by molar-refractivity contribution is -0.138. The third-order valence-electron chi connectivity index (χ3n) is 4.07. The first kappa shape index (κ1) is 14.3. The second-order valence-corrected chi connectivity index (χ2v) is 6.66. The Morgan fingerprint density at radius 1 is 1.37 bits per heavy atom. The maximum atomic E-state index is 12.5. The number of carbonyl (C=O) groups excluding carboxylic acids is 2. The average Bonchev–Trinajstić information content (AvgIpc) is 2.71. The highest BCUT2D eigenvalue weighted by Crippen LogP contribution is 2.27. The molecule has 0 aromatic carbocycles. The van der Waals surface area contributed by atoms with Crippen LogP contribution in [0.3, 0.4) is 0 Å². The molecule has 2 saturated heterocycles. The zero-order valence-corrected chi connectivity index (χ0v) is 12.4. The van der Waals surface area contributed by atoms with Crippen molar-refractivity contribution in [2.45, 2.75) is 45.7 Å². The van der Waals surface area contributed by atoms with Gasteiger partial charge in [0.15, 0.2) is 0 Å². The van der Waals surface area contributed by atoms with Crippen LogP contribution in [0.1, 0.15) is 34.1 Å². The van der Waals surface area contributed by atoms with Gasteiger partial charge in [-0.3, -0.25) is 9.59 Å². The number of amides is 2. The lowest BCUT2D eigenvalue weighted by Gasteiger charge is -2.36. The summed E-state index contributed by atoms with van der Waals surface area (Å²) in [5.74, 6) is 0.0926. The minimum atomic E-state index is -0.193. The van der Waals surface area contributed by atoms with Gasteiger partial charge in [0.2, 0.25) is 11.8 Å². The quantitative estimate of drug-likeness (QED) is 0.750. The molecule has 0 bridgehead atoms. The van der Waals surface area contributed by atoms with Crippen LogP contribution in [0.2, 0.25) is 0 Å². The summed E-state index contributed by atoms with van der Waals surface area (Å²) >= 11 is 0. The summed E-state index contributed by atoms with van der Waals surface area (Å²) in [4.78, 5) is 28.4. The molecule has 0 saturated carbocycles. The first-order chi connectivity index (χ1) is 8.80. The van der Waals surface area contributed by atoms with Gasteiger partial charge >= 0.3 is 0 Å². The number of nitrogens with zero attached hydrogens (tertiary/aromatic N) is 2. The highest BCUT2D eigenvalue weighted by Gasteiger charge is 2.41. The van der Waals surface area contributed by atoms with Gasteiger partial charge in [-0.2, -0.15) is 0 Å². The smallest absolute Gasteiger partial charge is 0.228 e. The van der Waals surface area contributed by atoms with E-state index in [0.717, 1.165) is 19.6 Å². The molecule has 5 heteroatoms. The summed E-state index contributed by atoms with van der Waals surface area (Å²) in [7, 11) is 0. The van der Waals surface area contributed by atoms with E-state index in [1.54, 1.807) is 0 Å². The Labute approximate surface area is 115 Å². The number of hydrogen-bond acceptors (Lipinski definition) is 3. The molecule has 0 aromatic rings. The molecule has 1 unspecified atom stereocenters. The first-order valence-corrected chi connectivity index (χ1v) is 7.12. The van der Waals surface area contributed by atoms with E-state index in [2.05, 4.69) is 12.2 Å². The zero-order valence-electron chi connectivity index (χ0n) is 12.4. The summed E-state index contributed by atoms with van der Waals surface area (Å²) in [6.45, 7) is 11.1. The van der Waals surface area contributed by atoms with E-state index in [9.17, 15) is 9.59 Å². The molecule has 2 aliphatic heterocycles. The molecule has 0 aliphatic carbocycles. The van der Waals surface area contributed by atoms with E-state index in [0.29, 0.717) is 13.0 Å². The number of carbonyl (C=O) groups is 2. The molecule has 1 N–H and O–H groups in total. The monoisotopic (exact) mass is 267 g/mol. The predicted molar refractivity (Wildman–Crippen MR) is 73.6 cm³/mol. The fourth-order valence-electron chi connectivity index (χ4n) is 2.92. The van der Waals surface area contributed by atoms with Gasteiger partial charge < -0.3 is 15.1 Å². The maximum absolute atomic E-state index is 12.5. The van der Waals surface area contributed by atoms with Gasteiger partial charge in [0, 0.05) is 44.2 Å². The maximum Gasteiger partial charge on any atom is 0.228 e. The van der Waals surface area contributed by atoms with Crippen LogP contribution in [0, 0.1) is 5.92 Å². The van der Waals surface area contributed by atoms with Crippen molar-refractivity contribution in [3.8, 4) is 0 Å². The molecule has 2 fully saturated rings. The van der Waals surface area contributed by atoms with Crippen LogP contribution in [-0.4, -0.2) is 59.4 Å². The lowest BCUT2D eigenvalue weighted by atomic mass is 10.0. The van der Waals surface area contributed by atoms with Gasteiger partial charge in [-0.1, -0.05) is 0 Å². The Hall–Kier alpha value is -1.10. The van der Waals surface area contributed by atoms with E-state index < -0.39 is 0 Å². The van der Waals surface area contributed by atoms with Gasteiger partial charge in [-0.05, 0) is 27.7 Å². The highest BCUT2D eigenvalue weighted by atomic mass is 16.2. The second kappa shape index (κ2) is 5.12. The molecule has 0 aromatic heterocycles. The molecule has 2 atom stereocenters. The molecule has 5 nitrogen and oxygen atoms in total. The van der Waals surface area contributed by atoms with Crippen LogP contribution in [0.25, 0.3) is 0 Å². The SMILES string of the molecule is C[C@H]1CNCCN1C(=O)C1CC(=O)N(C(C)(C)C)C1. The lowest BCUT2D eigenvalue weighted by Crippen LogP contribution is -2.54. The van der Waals surface area contributed by atoms with Crippen molar-refractivity contribution in [3.05, 3.63) is 0 Å². The number of piperazine rings is 1. The Morgan fingerprint density at radius 3 is 2.58 bits per heavy atom. The molecule has 2 heterocycles. The van der Waals surface area contributed by atoms with Crippen molar-refractivity contribution in [2.75, 3.05) is 26.2 Å². The number of rotatable bonds is 1. The minimum Gasteiger partial charge on any atom is -0.337 e. The van der Waals surface area contributed by atoms with Crippen LogP contribution in [0.4, 0.5) is 0 Å². The van der Waals surface area contributed by atoms with Crippen molar-refractivity contribution in [1.29, 1.82) is 0 Å². The van der Waals surface area contributed by atoms with Crippen molar-refractivity contribution >= 4 is 11.8 Å². The summed E-state index contributed by atoms with van der Waals surface area (Å²) in [5, 5.41) is 3.28. The zero-order chi connectivity index (χ0) is 14.2. The number of hydrogen-bond donors (Lipinski definition) is 1. The van der Waals surface area contributed by atoms with Crippen molar-refractivity contribution in [2.24, 2.45) is 5.92 Å². The normalized spacial score (nSPS) is 28.9. The molecule has 2 aliphatic rings. The fourth-order valence-corrected chi connectivity index (χ4v) is 2.92. The van der Waals surface area contributed by atoms with Gasteiger partial charge in [-0.15, -0.1) is 0 Å². The van der Waals surface area contributed by atoms with E-state index in [4.69, 9.17) is 0 Å². The molecular formula is C14H25N3O2. The van der Waals surface area contributed by atoms with Gasteiger partial charge in [0.1, 0.15) is 0 Å². The number of likely N-dealkylation sites (tertiary alicyclic amines) is 1. The first-order valence-electron chi connectivity index (χ1n) is 7.12. The van der Waals surface area contributed by atoms with Crippen molar-refractivity contribution in [3.63, 3.8) is 0 Å². The van der Waals surface area contributed by atoms with Crippen LogP contribution < -0.4 is 5.32 Å². The molecule has 0 radical (unpaired) electrons. The summed E-state index contributed by atoms with van der Waals surface area (Å²) in [6.07, 6.45) is 0.368. The predicted octanol–water partition coefficient (Wildman–Crippen LogP) is 0.454. The molecule has 19 heavy (non-hydrogen) atoms. The van der Waals surface area contributed by atoms with Crippen molar-refractivity contribution in [1.82, 2.24) is 15.1 Å². The molecular weight excluding hydrogens is 242 g/mol. The van der Waals surface area contributed by atoms with Gasteiger partial charge in [0.05, 0.1) is 5.92 Å². The van der Waals surface area contributed by atoms with Gasteiger partial charge in [-0.25, -0.2) is 0 Å². The van der Waals surface area contributed by atoms with E-state index in [1.807, 2.05) is 30.6 Å². The Kier molecular flexibility index (Phi) is 3.85. The summed E-state index contributed by atoms with van der Waals surface area (Å²) in [5.41, 5.74) is -0.193. The fraction of sp³-hybridized carbons (Fsp3) is 0.857. The summed E-state index contributed by atoms with van der Waals surface area (Å²) < 4.78 is 0. The third-order valence-corrected chi connectivity index (χ3v) is 4.07. The highest BCUT2D eigenvalue weighted by molar-refractivity contribution is 5.89. The van der Waals surface area contributed by atoms with E-state index >= 15 is 0 Å². The topological polar surface area (TPSA) is 52.7 Å². The summed E-state index contributed by atoms with van der Waals surface area (Å²) in [6, 6.07) is 0.222. The van der Waals surface area contributed by atoms with Crippen LogP contribution in [0.5, 0.6) is 0 Å². The molecule has 2 rings (SSSR count). The second-order valence-electron chi connectivity index (χ2n) is 6.66. The largest absolute Gasteiger partial charge is 0.337 e. The molecule has 2 amide bonds. The Morgan fingerprint density at radius 2 is 2.05 bits per heavy atom. The van der Waals surface area contributed by atoms with Crippen LogP contribution in [0.15, 0.2) is 0 Å². The third kappa shape index (κ3) is 2.91.